The zero-order valence-corrected chi connectivity index (χ0v) is 18.8. The van der Waals surface area contributed by atoms with E-state index >= 15 is 0 Å². The van der Waals surface area contributed by atoms with Gasteiger partial charge in [-0.25, -0.2) is 0 Å². The van der Waals surface area contributed by atoms with Crippen LogP contribution < -0.4 is 19.5 Å². The van der Waals surface area contributed by atoms with Gasteiger partial charge in [-0.2, -0.15) is 0 Å². The van der Waals surface area contributed by atoms with Gasteiger partial charge in [-0.15, -0.1) is 0 Å². The molecule has 2 aliphatic rings. The molecule has 0 bridgehead atoms. The molecule has 3 atom stereocenters. The van der Waals surface area contributed by atoms with Crippen molar-refractivity contribution in [3.63, 3.8) is 0 Å². The molecule has 2 aromatic carbocycles. The van der Waals surface area contributed by atoms with Crippen LogP contribution in [0.3, 0.4) is 0 Å². The molecule has 1 fully saturated rings. The second-order valence-corrected chi connectivity index (χ2v) is 8.40. The highest BCUT2D eigenvalue weighted by Crippen LogP contribution is 2.47. The largest absolute Gasteiger partial charge is 0.497 e. The van der Waals surface area contributed by atoms with Crippen molar-refractivity contribution in [2.75, 3.05) is 40.1 Å². The number of hydrogen-bond donors (Lipinski definition) is 2. The van der Waals surface area contributed by atoms with Crippen molar-refractivity contribution in [1.29, 1.82) is 0 Å². The van der Waals surface area contributed by atoms with E-state index in [4.69, 9.17) is 14.2 Å². The van der Waals surface area contributed by atoms with Crippen LogP contribution in [0.1, 0.15) is 42.9 Å². The molecule has 0 radical (unpaired) electrons. The van der Waals surface area contributed by atoms with Crippen molar-refractivity contribution < 1.29 is 24.1 Å². The summed E-state index contributed by atoms with van der Waals surface area (Å²) in [6.07, 6.45) is 2.07. The SMILES string of the molecule is CCCNCCCN1CC(c2ccc3c(c2)OCO3)C(C(=O)O)C1c1ccc(OC)cc1. The molecule has 0 spiro atoms. The second kappa shape index (κ2) is 10.2. The van der Waals surface area contributed by atoms with E-state index in [1.807, 2.05) is 42.5 Å². The van der Waals surface area contributed by atoms with E-state index in [0.29, 0.717) is 18.0 Å². The van der Waals surface area contributed by atoms with Crippen LogP contribution in [0.2, 0.25) is 0 Å². The number of fused-ring (bicyclic) bond motifs is 1. The maximum absolute atomic E-state index is 12.6. The number of rotatable bonds is 10. The van der Waals surface area contributed by atoms with Gasteiger partial charge in [-0.1, -0.05) is 25.1 Å². The summed E-state index contributed by atoms with van der Waals surface area (Å²) in [6, 6.07) is 13.4. The Morgan fingerprint density at radius 2 is 1.88 bits per heavy atom. The lowest BCUT2D eigenvalue weighted by Crippen LogP contribution is -2.31. The first-order valence-corrected chi connectivity index (χ1v) is 11.3. The molecule has 0 aromatic heterocycles. The monoisotopic (exact) mass is 440 g/mol. The highest BCUT2D eigenvalue weighted by molar-refractivity contribution is 5.74. The molecule has 0 aliphatic carbocycles. The Kier molecular flexibility index (Phi) is 7.17. The van der Waals surface area contributed by atoms with Crippen LogP contribution >= 0.6 is 0 Å². The second-order valence-electron chi connectivity index (χ2n) is 8.40. The molecule has 2 heterocycles. The zero-order valence-electron chi connectivity index (χ0n) is 18.8. The Morgan fingerprint density at radius 1 is 1.12 bits per heavy atom. The molecule has 32 heavy (non-hydrogen) atoms. The van der Waals surface area contributed by atoms with Crippen LogP contribution in [0, 0.1) is 5.92 Å². The Hall–Kier alpha value is -2.77. The van der Waals surface area contributed by atoms with Gasteiger partial charge in [0, 0.05) is 25.0 Å². The minimum absolute atomic E-state index is 0.141. The highest BCUT2D eigenvalue weighted by atomic mass is 16.7. The highest BCUT2D eigenvalue weighted by Gasteiger charge is 2.47. The number of carboxylic acids is 1. The van der Waals surface area contributed by atoms with Crippen LogP contribution in [0.15, 0.2) is 42.5 Å². The number of methoxy groups -OCH3 is 1. The van der Waals surface area contributed by atoms with E-state index in [1.54, 1.807) is 7.11 Å². The van der Waals surface area contributed by atoms with Gasteiger partial charge in [0.05, 0.1) is 13.0 Å². The fraction of sp³-hybridized carbons (Fsp3) is 0.480. The zero-order chi connectivity index (χ0) is 22.5. The van der Waals surface area contributed by atoms with Crippen LogP contribution in [0.4, 0.5) is 0 Å². The maximum atomic E-state index is 12.6. The Labute approximate surface area is 189 Å². The number of hydrogen-bond acceptors (Lipinski definition) is 6. The molecule has 1 saturated heterocycles. The summed E-state index contributed by atoms with van der Waals surface area (Å²) in [5, 5.41) is 13.8. The molecule has 4 rings (SSSR count). The first-order valence-electron chi connectivity index (χ1n) is 11.3. The molecular formula is C25H32N2O5. The van der Waals surface area contributed by atoms with Gasteiger partial charge in [0.15, 0.2) is 11.5 Å². The van der Waals surface area contributed by atoms with Gasteiger partial charge in [0.25, 0.3) is 0 Å². The summed E-state index contributed by atoms with van der Waals surface area (Å²) in [4.78, 5) is 14.9. The van der Waals surface area contributed by atoms with Gasteiger partial charge in [0.2, 0.25) is 6.79 Å². The molecule has 0 saturated carbocycles. The predicted octanol–water partition coefficient (Wildman–Crippen LogP) is 3.65. The number of aliphatic carboxylic acids is 1. The number of carboxylic acid groups (broad SMARTS) is 1. The number of nitrogens with zero attached hydrogens (tertiary/aromatic N) is 1. The molecule has 172 valence electrons. The molecular weight excluding hydrogens is 408 g/mol. The third-order valence-corrected chi connectivity index (χ3v) is 6.39. The molecule has 2 aromatic rings. The van der Waals surface area contributed by atoms with Crippen LogP contribution in [0.5, 0.6) is 17.2 Å². The van der Waals surface area contributed by atoms with E-state index in [9.17, 15) is 9.90 Å². The van der Waals surface area contributed by atoms with E-state index in [-0.39, 0.29) is 18.8 Å². The molecule has 7 heteroatoms. The van der Waals surface area contributed by atoms with Gasteiger partial charge in [-0.05, 0) is 61.3 Å². The van der Waals surface area contributed by atoms with Crippen molar-refractivity contribution in [2.45, 2.75) is 31.7 Å². The van der Waals surface area contributed by atoms with Crippen molar-refractivity contribution in [2.24, 2.45) is 5.92 Å². The number of benzene rings is 2. The predicted molar refractivity (Wildman–Crippen MR) is 122 cm³/mol. The summed E-state index contributed by atoms with van der Waals surface area (Å²) < 4.78 is 16.3. The fourth-order valence-corrected chi connectivity index (χ4v) is 4.85. The normalized spacial score (nSPS) is 22.2. The third kappa shape index (κ3) is 4.69. The quantitative estimate of drug-likeness (QED) is 0.546. The van der Waals surface area contributed by atoms with E-state index in [2.05, 4.69) is 17.1 Å². The Balaban J connectivity index is 1.62. The van der Waals surface area contributed by atoms with Gasteiger partial charge < -0.3 is 24.6 Å². The molecule has 2 N–H and O–H groups in total. The number of ether oxygens (including phenoxy) is 3. The minimum atomic E-state index is -0.778. The van der Waals surface area contributed by atoms with Gasteiger partial charge >= 0.3 is 5.97 Å². The summed E-state index contributed by atoms with van der Waals surface area (Å²) in [5.41, 5.74) is 1.98. The minimum Gasteiger partial charge on any atom is -0.497 e. The maximum Gasteiger partial charge on any atom is 0.309 e. The average molecular weight is 441 g/mol. The summed E-state index contributed by atoms with van der Waals surface area (Å²) in [7, 11) is 1.63. The van der Waals surface area contributed by atoms with Crippen molar-refractivity contribution in [3.8, 4) is 17.2 Å². The van der Waals surface area contributed by atoms with Crippen molar-refractivity contribution >= 4 is 5.97 Å². The number of likely N-dealkylation sites (tertiary alicyclic amines) is 1. The number of nitrogens with one attached hydrogen (secondary N) is 1. The Bertz CT molecular complexity index is 917. The molecule has 7 nitrogen and oxygen atoms in total. The van der Waals surface area contributed by atoms with E-state index in [0.717, 1.165) is 49.4 Å². The topological polar surface area (TPSA) is 80.3 Å². The first-order chi connectivity index (χ1) is 15.6. The fourth-order valence-electron chi connectivity index (χ4n) is 4.85. The molecule has 0 amide bonds. The first kappa shape index (κ1) is 22.4. The van der Waals surface area contributed by atoms with Crippen LogP contribution in [0.25, 0.3) is 0 Å². The number of carbonyl (C=O) groups is 1. The smallest absolute Gasteiger partial charge is 0.309 e. The van der Waals surface area contributed by atoms with E-state index < -0.39 is 11.9 Å². The lowest BCUT2D eigenvalue weighted by Gasteiger charge is -2.27. The van der Waals surface area contributed by atoms with Crippen molar-refractivity contribution in [3.05, 3.63) is 53.6 Å². The van der Waals surface area contributed by atoms with Gasteiger partial charge in [-0.3, -0.25) is 9.69 Å². The third-order valence-electron chi connectivity index (χ3n) is 6.39. The molecule has 3 unspecified atom stereocenters. The van der Waals surface area contributed by atoms with Gasteiger partial charge in [0.1, 0.15) is 5.75 Å². The molecule has 2 aliphatic heterocycles. The van der Waals surface area contributed by atoms with Crippen LogP contribution in [-0.2, 0) is 4.79 Å². The summed E-state index contributed by atoms with van der Waals surface area (Å²) in [5.74, 6) is 0.686. The summed E-state index contributed by atoms with van der Waals surface area (Å²) in [6.45, 7) is 5.79. The van der Waals surface area contributed by atoms with Crippen LogP contribution in [-0.4, -0.2) is 56.1 Å². The Morgan fingerprint density at radius 3 is 2.59 bits per heavy atom. The summed E-state index contributed by atoms with van der Waals surface area (Å²) >= 11 is 0. The van der Waals surface area contributed by atoms with Crippen molar-refractivity contribution in [1.82, 2.24) is 10.2 Å². The van der Waals surface area contributed by atoms with E-state index in [1.165, 1.54) is 0 Å². The standard InChI is InChI=1S/C25H32N2O5/c1-3-11-26-12-4-13-27-15-20(18-7-10-21-22(14-18)32-16-31-21)23(25(28)29)24(27)17-5-8-19(30-2)9-6-17/h5-10,14,20,23-24,26H,3-4,11-13,15-16H2,1-2H3,(H,28,29). The lowest BCUT2D eigenvalue weighted by molar-refractivity contribution is -0.143. The lowest BCUT2D eigenvalue weighted by atomic mass is 9.82. The average Bonchev–Trinajstić information content (AvgIpc) is 3.43.